The highest BCUT2D eigenvalue weighted by Gasteiger charge is 2.29. The average Bonchev–Trinajstić information content (AvgIpc) is 3.05. The van der Waals surface area contributed by atoms with Crippen molar-refractivity contribution in [2.24, 2.45) is 7.05 Å². The Labute approximate surface area is 142 Å². The molecule has 0 spiro atoms. The maximum absolute atomic E-state index is 12.7. The van der Waals surface area contributed by atoms with Crippen molar-refractivity contribution in [3.63, 3.8) is 0 Å². The molecule has 2 aromatic heterocycles. The Morgan fingerprint density at radius 3 is 2.96 bits per heavy atom. The molecule has 128 valence electrons. The number of ether oxygens (including phenoxy) is 1. The molecule has 3 heterocycles. The number of amides is 2. The largest absolute Gasteiger partial charge is 0.481 e. The second-order valence-corrected chi connectivity index (χ2v) is 6.08. The summed E-state index contributed by atoms with van der Waals surface area (Å²) in [6, 6.07) is 9.78. The standard InChI is InChI=1S/C18H24N4O2/c1-21-11-6-9-15(21)16-8-3-4-12-22(16)18(23)19-13-14-7-5-10-17(20-14)24-2/h5-7,9-11,16H,3-4,8,12-13H2,1-2H3,(H,19,23)/t16-/m1/s1. The molecule has 1 aliphatic heterocycles. The summed E-state index contributed by atoms with van der Waals surface area (Å²) in [5, 5.41) is 2.99. The molecule has 1 saturated heterocycles. The number of aryl methyl sites for hydroxylation is 1. The van der Waals surface area contributed by atoms with Gasteiger partial charge >= 0.3 is 6.03 Å². The topological polar surface area (TPSA) is 59.4 Å². The van der Waals surface area contributed by atoms with E-state index < -0.39 is 0 Å². The SMILES string of the molecule is COc1cccc(CNC(=O)N2CCCC[C@@H]2c2cccn2C)n1. The summed E-state index contributed by atoms with van der Waals surface area (Å²) in [6.07, 6.45) is 5.23. The number of methoxy groups -OCH3 is 1. The third-order valence-corrected chi connectivity index (χ3v) is 4.50. The molecule has 1 aliphatic rings. The van der Waals surface area contributed by atoms with Gasteiger partial charge in [-0.1, -0.05) is 6.07 Å². The minimum absolute atomic E-state index is 0.0366. The number of urea groups is 1. The van der Waals surface area contributed by atoms with Gasteiger partial charge in [0.1, 0.15) is 0 Å². The van der Waals surface area contributed by atoms with Crippen LogP contribution in [0.2, 0.25) is 0 Å². The van der Waals surface area contributed by atoms with Gasteiger partial charge in [-0.05, 0) is 37.5 Å². The van der Waals surface area contributed by atoms with Gasteiger partial charge in [0.05, 0.1) is 25.4 Å². The van der Waals surface area contributed by atoms with Crippen molar-refractivity contribution in [2.45, 2.75) is 31.8 Å². The molecule has 0 aromatic carbocycles. The zero-order chi connectivity index (χ0) is 16.9. The number of pyridine rings is 1. The molecular weight excluding hydrogens is 304 g/mol. The second-order valence-electron chi connectivity index (χ2n) is 6.08. The van der Waals surface area contributed by atoms with Gasteiger partial charge in [0, 0.05) is 31.5 Å². The van der Waals surface area contributed by atoms with Gasteiger partial charge in [-0.2, -0.15) is 0 Å². The fraction of sp³-hybridized carbons (Fsp3) is 0.444. The smallest absolute Gasteiger partial charge is 0.318 e. The number of nitrogens with zero attached hydrogens (tertiary/aromatic N) is 3. The first-order chi connectivity index (χ1) is 11.7. The van der Waals surface area contributed by atoms with E-state index in [4.69, 9.17) is 4.74 Å². The molecule has 1 N–H and O–H groups in total. The van der Waals surface area contributed by atoms with Crippen LogP contribution in [-0.4, -0.2) is 34.1 Å². The molecular formula is C18H24N4O2. The lowest BCUT2D eigenvalue weighted by Crippen LogP contribution is -2.44. The highest BCUT2D eigenvalue weighted by molar-refractivity contribution is 5.74. The fourth-order valence-electron chi connectivity index (χ4n) is 3.24. The molecule has 0 bridgehead atoms. The quantitative estimate of drug-likeness (QED) is 0.939. The molecule has 1 atom stereocenters. The molecule has 3 rings (SSSR count). The van der Waals surface area contributed by atoms with E-state index in [0.717, 1.165) is 31.5 Å². The van der Waals surface area contributed by atoms with Gasteiger partial charge in [-0.3, -0.25) is 0 Å². The molecule has 6 heteroatoms. The first kappa shape index (κ1) is 16.4. The molecule has 2 amide bonds. The highest BCUT2D eigenvalue weighted by Crippen LogP contribution is 2.30. The minimum atomic E-state index is -0.0366. The zero-order valence-electron chi connectivity index (χ0n) is 14.2. The summed E-state index contributed by atoms with van der Waals surface area (Å²) in [7, 11) is 3.61. The predicted molar refractivity (Wildman–Crippen MR) is 91.7 cm³/mol. The maximum Gasteiger partial charge on any atom is 0.318 e. The maximum atomic E-state index is 12.7. The van der Waals surface area contributed by atoms with Crippen LogP contribution in [0, 0.1) is 0 Å². The van der Waals surface area contributed by atoms with Crippen molar-refractivity contribution >= 4 is 6.03 Å². The second kappa shape index (κ2) is 7.38. The Bertz CT molecular complexity index is 698. The number of hydrogen-bond acceptors (Lipinski definition) is 3. The number of rotatable bonds is 4. The number of carbonyl (C=O) groups is 1. The van der Waals surface area contributed by atoms with Gasteiger partial charge in [0.2, 0.25) is 5.88 Å². The number of carbonyl (C=O) groups excluding carboxylic acids is 1. The molecule has 24 heavy (non-hydrogen) atoms. The Kier molecular flexibility index (Phi) is 5.03. The van der Waals surface area contributed by atoms with E-state index in [1.807, 2.05) is 36.3 Å². The first-order valence-corrected chi connectivity index (χ1v) is 8.34. The average molecular weight is 328 g/mol. The van der Waals surface area contributed by atoms with Crippen LogP contribution in [0.25, 0.3) is 0 Å². The van der Waals surface area contributed by atoms with Crippen molar-refractivity contribution in [3.8, 4) is 5.88 Å². The first-order valence-electron chi connectivity index (χ1n) is 8.34. The van der Waals surface area contributed by atoms with Crippen LogP contribution in [0.4, 0.5) is 4.79 Å². The van der Waals surface area contributed by atoms with Crippen LogP contribution in [0.1, 0.15) is 36.7 Å². The number of piperidine rings is 1. The lowest BCUT2D eigenvalue weighted by molar-refractivity contribution is 0.148. The number of nitrogens with one attached hydrogen (secondary N) is 1. The van der Waals surface area contributed by atoms with E-state index >= 15 is 0 Å². The molecule has 6 nitrogen and oxygen atoms in total. The van der Waals surface area contributed by atoms with Gasteiger partial charge in [-0.25, -0.2) is 9.78 Å². The van der Waals surface area contributed by atoms with Crippen LogP contribution in [0.3, 0.4) is 0 Å². The monoisotopic (exact) mass is 328 g/mol. The fourth-order valence-corrected chi connectivity index (χ4v) is 3.24. The van der Waals surface area contributed by atoms with E-state index in [2.05, 4.69) is 20.9 Å². The molecule has 2 aromatic rings. The lowest BCUT2D eigenvalue weighted by atomic mass is 10.00. The number of likely N-dealkylation sites (tertiary alicyclic amines) is 1. The Morgan fingerprint density at radius 1 is 1.33 bits per heavy atom. The van der Waals surface area contributed by atoms with E-state index in [0.29, 0.717) is 12.4 Å². The van der Waals surface area contributed by atoms with Crippen molar-refractivity contribution in [1.82, 2.24) is 19.8 Å². The van der Waals surface area contributed by atoms with Gasteiger partial charge in [-0.15, -0.1) is 0 Å². The van der Waals surface area contributed by atoms with Crippen molar-refractivity contribution in [2.75, 3.05) is 13.7 Å². The summed E-state index contributed by atoms with van der Waals surface area (Å²) >= 11 is 0. The van der Waals surface area contributed by atoms with Crippen molar-refractivity contribution < 1.29 is 9.53 Å². The Morgan fingerprint density at radius 2 is 2.21 bits per heavy atom. The summed E-state index contributed by atoms with van der Waals surface area (Å²) in [5.74, 6) is 0.557. The summed E-state index contributed by atoms with van der Waals surface area (Å²) < 4.78 is 7.22. The Balaban J connectivity index is 1.67. The van der Waals surface area contributed by atoms with Gasteiger partial charge in [0.15, 0.2) is 0 Å². The molecule has 0 unspecified atom stereocenters. The molecule has 0 radical (unpaired) electrons. The highest BCUT2D eigenvalue weighted by atomic mass is 16.5. The predicted octanol–water partition coefficient (Wildman–Crippen LogP) is 2.87. The van der Waals surface area contributed by atoms with Crippen molar-refractivity contribution in [3.05, 3.63) is 47.9 Å². The van der Waals surface area contributed by atoms with E-state index in [9.17, 15) is 4.79 Å². The van der Waals surface area contributed by atoms with Gasteiger partial charge < -0.3 is 19.5 Å². The minimum Gasteiger partial charge on any atom is -0.481 e. The van der Waals surface area contributed by atoms with E-state index in [-0.39, 0.29) is 12.1 Å². The summed E-state index contributed by atoms with van der Waals surface area (Å²) in [4.78, 5) is 19.0. The van der Waals surface area contributed by atoms with Crippen LogP contribution < -0.4 is 10.1 Å². The summed E-state index contributed by atoms with van der Waals surface area (Å²) in [6.45, 7) is 1.18. The number of hydrogen-bond donors (Lipinski definition) is 1. The normalized spacial score (nSPS) is 17.6. The van der Waals surface area contributed by atoms with Crippen LogP contribution in [-0.2, 0) is 13.6 Å². The number of aromatic nitrogens is 2. The van der Waals surface area contributed by atoms with Gasteiger partial charge in [0.25, 0.3) is 0 Å². The van der Waals surface area contributed by atoms with Crippen molar-refractivity contribution in [1.29, 1.82) is 0 Å². The molecule has 0 aliphatic carbocycles. The summed E-state index contributed by atoms with van der Waals surface area (Å²) in [5.41, 5.74) is 1.97. The van der Waals surface area contributed by atoms with E-state index in [1.165, 1.54) is 5.69 Å². The third kappa shape index (κ3) is 3.53. The van der Waals surface area contributed by atoms with E-state index in [1.54, 1.807) is 13.2 Å². The Hall–Kier alpha value is -2.50. The van der Waals surface area contributed by atoms with Crippen LogP contribution in [0.15, 0.2) is 36.5 Å². The third-order valence-electron chi connectivity index (χ3n) is 4.50. The molecule has 1 fully saturated rings. The lowest BCUT2D eigenvalue weighted by Gasteiger charge is -2.36. The molecule has 0 saturated carbocycles. The van der Waals surface area contributed by atoms with Crippen LogP contribution >= 0.6 is 0 Å². The van der Waals surface area contributed by atoms with Crippen LogP contribution in [0.5, 0.6) is 5.88 Å². The zero-order valence-corrected chi connectivity index (χ0v) is 14.2.